The molecule has 96 valence electrons. The van der Waals surface area contributed by atoms with Gasteiger partial charge in [-0.2, -0.15) is 0 Å². The third-order valence-corrected chi connectivity index (χ3v) is 4.19. The number of aromatic nitrogens is 3. The van der Waals surface area contributed by atoms with Crippen molar-refractivity contribution in [2.75, 3.05) is 5.73 Å². The van der Waals surface area contributed by atoms with Gasteiger partial charge in [0.15, 0.2) is 5.16 Å². The van der Waals surface area contributed by atoms with Gasteiger partial charge in [0.1, 0.15) is 16.5 Å². The molecule has 0 spiro atoms. The van der Waals surface area contributed by atoms with E-state index in [4.69, 9.17) is 5.73 Å². The van der Waals surface area contributed by atoms with Crippen molar-refractivity contribution in [3.05, 3.63) is 41.3 Å². The van der Waals surface area contributed by atoms with E-state index >= 15 is 0 Å². The molecule has 0 aromatic carbocycles. The highest BCUT2D eigenvalue weighted by Gasteiger charge is 2.07. The molecule has 0 radical (unpaired) electrons. The standard InChI is InChI=1S/C12H9FN4S2/c13-8-3-7(4-15-5-8)6-19-12-16-10(14)9-1-2-18-11(9)17-12/h1-5H,6H2,(H2,14,16,17). The molecule has 19 heavy (non-hydrogen) atoms. The number of thioether (sulfide) groups is 1. The van der Waals surface area contributed by atoms with E-state index in [1.165, 1.54) is 35.4 Å². The molecule has 0 amide bonds. The van der Waals surface area contributed by atoms with Crippen LogP contribution in [0.3, 0.4) is 0 Å². The Labute approximate surface area is 116 Å². The van der Waals surface area contributed by atoms with E-state index in [-0.39, 0.29) is 5.82 Å². The SMILES string of the molecule is Nc1nc(SCc2cncc(F)c2)nc2sccc12. The lowest BCUT2D eigenvalue weighted by Gasteiger charge is -2.02. The van der Waals surface area contributed by atoms with Gasteiger partial charge in [0.2, 0.25) is 0 Å². The molecule has 2 N–H and O–H groups in total. The number of hydrogen-bond donors (Lipinski definition) is 1. The van der Waals surface area contributed by atoms with Crippen molar-refractivity contribution in [1.29, 1.82) is 0 Å². The van der Waals surface area contributed by atoms with Crippen molar-refractivity contribution < 1.29 is 4.39 Å². The van der Waals surface area contributed by atoms with Crippen LogP contribution < -0.4 is 5.73 Å². The molecule has 3 aromatic heterocycles. The van der Waals surface area contributed by atoms with Crippen molar-refractivity contribution in [1.82, 2.24) is 15.0 Å². The van der Waals surface area contributed by atoms with E-state index in [2.05, 4.69) is 15.0 Å². The third kappa shape index (κ3) is 2.66. The molecule has 3 rings (SSSR count). The van der Waals surface area contributed by atoms with Crippen LogP contribution in [0.15, 0.2) is 35.1 Å². The summed E-state index contributed by atoms with van der Waals surface area (Å²) in [7, 11) is 0. The quantitative estimate of drug-likeness (QED) is 0.593. The van der Waals surface area contributed by atoms with Gasteiger partial charge in [0.05, 0.1) is 11.6 Å². The predicted octanol–water partition coefficient (Wildman–Crippen LogP) is 3.10. The number of fused-ring (bicyclic) bond motifs is 1. The smallest absolute Gasteiger partial charge is 0.191 e. The summed E-state index contributed by atoms with van der Waals surface area (Å²) in [6, 6.07) is 3.35. The van der Waals surface area contributed by atoms with Crippen molar-refractivity contribution in [2.24, 2.45) is 0 Å². The first-order valence-corrected chi connectivity index (χ1v) is 7.32. The first-order valence-electron chi connectivity index (χ1n) is 5.45. The third-order valence-electron chi connectivity index (χ3n) is 2.46. The fourth-order valence-corrected chi connectivity index (χ4v) is 3.21. The number of thiophene rings is 1. The number of nitrogen functional groups attached to an aromatic ring is 1. The molecule has 0 aliphatic rings. The first-order chi connectivity index (χ1) is 9.22. The van der Waals surface area contributed by atoms with Gasteiger partial charge in [-0.25, -0.2) is 14.4 Å². The molecule has 0 aliphatic heterocycles. The molecule has 7 heteroatoms. The number of nitrogens with two attached hydrogens (primary N) is 1. The van der Waals surface area contributed by atoms with Crippen LogP contribution in [0.4, 0.5) is 10.2 Å². The lowest BCUT2D eigenvalue weighted by atomic mass is 10.3. The van der Waals surface area contributed by atoms with Gasteiger partial charge in [0, 0.05) is 11.9 Å². The van der Waals surface area contributed by atoms with Crippen molar-refractivity contribution >= 4 is 39.1 Å². The van der Waals surface area contributed by atoms with E-state index in [9.17, 15) is 4.39 Å². The second-order valence-corrected chi connectivity index (χ2v) is 5.67. The minimum absolute atomic E-state index is 0.341. The van der Waals surface area contributed by atoms with E-state index in [1.54, 1.807) is 6.20 Å². The summed E-state index contributed by atoms with van der Waals surface area (Å²) in [5.41, 5.74) is 6.65. The molecule has 0 aliphatic carbocycles. The maximum Gasteiger partial charge on any atom is 0.191 e. The zero-order valence-corrected chi connectivity index (χ0v) is 11.3. The zero-order chi connectivity index (χ0) is 13.2. The second-order valence-electron chi connectivity index (χ2n) is 3.83. The topological polar surface area (TPSA) is 64.7 Å². The number of rotatable bonds is 3. The Morgan fingerprint density at radius 3 is 3.05 bits per heavy atom. The van der Waals surface area contributed by atoms with Crippen LogP contribution in [0, 0.1) is 5.82 Å². The van der Waals surface area contributed by atoms with E-state index in [1.807, 2.05) is 11.4 Å². The molecular weight excluding hydrogens is 283 g/mol. The number of hydrogen-bond acceptors (Lipinski definition) is 6. The molecule has 4 nitrogen and oxygen atoms in total. The van der Waals surface area contributed by atoms with Crippen molar-refractivity contribution in [3.8, 4) is 0 Å². The fraction of sp³-hybridized carbons (Fsp3) is 0.0833. The Morgan fingerprint density at radius 1 is 1.32 bits per heavy atom. The van der Waals surface area contributed by atoms with Crippen LogP contribution in [0.1, 0.15) is 5.56 Å². The summed E-state index contributed by atoms with van der Waals surface area (Å²) in [4.78, 5) is 13.3. The average molecular weight is 292 g/mol. The van der Waals surface area contributed by atoms with Crippen LogP contribution in [0.5, 0.6) is 0 Å². The minimum Gasteiger partial charge on any atom is -0.383 e. The molecule has 0 fully saturated rings. The minimum atomic E-state index is -0.341. The van der Waals surface area contributed by atoms with Crippen LogP contribution in [-0.4, -0.2) is 15.0 Å². The van der Waals surface area contributed by atoms with E-state index in [0.29, 0.717) is 16.7 Å². The van der Waals surface area contributed by atoms with Crippen LogP contribution in [0.25, 0.3) is 10.2 Å². The van der Waals surface area contributed by atoms with Gasteiger partial charge in [-0.05, 0) is 23.1 Å². The normalized spacial score (nSPS) is 11.0. The van der Waals surface area contributed by atoms with E-state index < -0.39 is 0 Å². The Hall–Kier alpha value is -1.73. The number of nitrogens with zero attached hydrogens (tertiary/aromatic N) is 3. The first kappa shape index (κ1) is 12.3. The number of halogens is 1. The molecule has 0 atom stereocenters. The fourth-order valence-electron chi connectivity index (χ4n) is 1.61. The summed E-state index contributed by atoms with van der Waals surface area (Å²) < 4.78 is 13.0. The molecule has 0 unspecified atom stereocenters. The predicted molar refractivity (Wildman–Crippen MR) is 75.6 cm³/mol. The lowest BCUT2D eigenvalue weighted by molar-refractivity contribution is 0.619. The van der Waals surface area contributed by atoms with Crippen molar-refractivity contribution in [2.45, 2.75) is 10.9 Å². The Balaban J connectivity index is 1.81. The zero-order valence-electron chi connectivity index (χ0n) is 9.71. The monoisotopic (exact) mass is 292 g/mol. The molecule has 0 bridgehead atoms. The van der Waals surface area contributed by atoms with Crippen LogP contribution in [0.2, 0.25) is 0 Å². The largest absolute Gasteiger partial charge is 0.383 e. The number of anilines is 1. The molecule has 0 saturated carbocycles. The summed E-state index contributed by atoms with van der Waals surface area (Å²) in [6.07, 6.45) is 2.81. The van der Waals surface area contributed by atoms with Gasteiger partial charge >= 0.3 is 0 Å². The molecule has 3 aromatic rings. The Bertz CT molecular complexity index is 729. The van der Waals surface area contributed by atoms with Crippen LogP contribution >= 0.6 is 23.1 Å². The summed E-state index contributed by atoms with van der Waals surface area (Å²) in [6.45, 7) is 0. The molecular formula is C12H9FN4S2. The maximum atomic E-state index is 13.0. The second kappa shape index (κ2) is 5.10. The highest BCUT2D eigenvalue weighted by atomic mass is 32.2. The maximum absolute atomic E-state index is 13.0. The van der Waals surface area contributed by atoms with Gasteiger partial charge in [-0.15, -0.1) is 11.3 Å². The lowest BCUT2D eigenvalue weighted by Crippen LogP contribution is -1.95. The van der Waals surface area contributed by atoms with Gasteiger partial charge in [0.25, 0.3) is 0 Å². The molecule has 0 saturated heterocycles. The summed E-state index contributed by atoms with van der Waals surface area (Å²) >= 11 is 2.94. The highest BCUT2D eigenvalue weighted by molar-refractivity contribution is 7.98. The Kier molecular flexibility index (Phi) is 3.31. The summed E-state index contributed by atoms with van der Waals surface area (Å²) in [5, 5.41) is 3.40. The van der Waals surface area contributed by atoms with Gasteiger partial charge in [-0.3, -0.25) is 4.98 Å². The van der Waals surface area contributed by atoms with Gasteiger partial charge < -0.3 is 5.73 Å². The van der Waals surface area contributed by atoms with Gasteiger partial charge in [-0.1, -0.05) is 11.8 Å². The summed E-state index contributed by atoms with van der Waals surface area (Å²) in [5.74, 6) is 0.694. The highest BCUT2D eigenvalue weighted by Crippen LogP contribution is 2.27. The average Bonchev–Trinajstić information content (AvgIpc) is 2.85. The molecule has 3 heterocycles. The van der Waals surface area contributed by atoms with E-state index in [0.717, 1.165) is 15.8 Å². The van der Waals surface area contributed by atoms with Crippen molar-refractivity contribution in [3.63, 3.8) is 0 Å². The Morgan fingerprint density at radius 2 is 2.21 bits per heavy atom. The van der Waals surface area contributed by atoms with Crippen LogP contribution in [-0.2, 0) is 5.75 Å². The number of pyridine rings is 1.